The van der Waals surface area contributed by atoms with Crippen LogP contribution >= 0.6 is 0 Å². The Morgan fingerprint density at radius 1 is 0.440 bits per heavy atom. The van der Waals surface area contributed by atoms with Crippen molar-refractivity contribution in [2.45, 2.75) is 410 Å². The van der Waals surface area contributed by atoms with Gasteiger partial charge in [0.25, 0.3) is 0 Å². The minimum atomic E-state index is -1.62. The average molecular weight is 1280 g/mol. The van der Waals surface area contributed by atoms with E-state index in [2.05, 4.69) is 86.8 Å². The minimum absolute atomic E-state index is 0.126. The number of aliphatic hydroxyl groups excluding tert-OH is 5. The van der Waals surface area contributed by atoms with Crippen molar-refractivity contribution in [2.75, 3.05) is 13.2 Å². The maximum Gasteiger partial charge on any atom is 0.306 e. The number of esters is 1. The van der Waals surface area contributed by atoms with E-state index in [1.165, 1.54) is 218 Å². The van der Waals surface area contributed by atoms with Crippen molar-refractivity contribution in [2.24, 2.45) is 0 Å². The molecule has 1 aliphatic rings. The largest absolute Gasteiger partial charge is 0.454 e. The number of rotatable bonds is 67. The van der Waals surface area contributed by atoms with E-state index in [0.29, 0.717) is 12.8 Å². The van der Waals surface area contributed by atoms with Crippen LogP contribution in [0, 0.1) is 0 Å². The molecule has 0 saturated carbocycles. The average Bonchev–Trinajstić information content (AvgIpc) is 0.943. The van der Waals surface area contributed by atoms with Crippen LogP contribution in [0.5, 0.6) is 0 Å². The van der Waals surface area contributed by atoms with Crippen LogP contribution in [0.25, 0.3) is 0 Å². The van der Waals surface area contributed by atoms with Gasteiger partial charge in [-0.1, -0.05) is 357 Å². The standard InChI is InChI=1S/C80H145NO10/c1-4-7-10-13-16-19-22-24-26-28-30-32-34-36-37-38-40-42-44-46-48-50-53-56-59-62-65-68-75(85)91-78-77(87)76(86)74(69-82)90-80(78)89-70-71(72(83)66-63-60-57-54-51-21-18-15-12-9-6-3)81-79(88)73(84)67-64-61-58-55-52-49-47-45-43-41-39-35-33-31-29-27-25-23-20-17-14-11-8-5-2/h8,11,17,20,25,27,31,33,39,41,63,66,71-74,76-78,80,82-84,86-87H,4-7,9-10,12-16,18-19,21-24,26,28-30,32,34-38,40,42-62,64-65,67-70H2,1-3H3,(H,81,88)/b11-8-,20-17-,27-25-,33-31-,41-39-,66-63+. The van der Waals surface area contributed by atoms with Gasteiger partial charge in [0, 0.05) is 6.42 Å². The Morgan fingerprint density at radius 2 is 0.791 bits per heavy atom. The molecule has 1 amide bonds. The Labute approximate surface area is 560 Å². The zero-order valence-corrected chi connectivity index (χ0v) is 59.2. The second kappa shape index (κ2) is 67.1. The first kappa shape index (κ1) is 86.1. The molecule has 0 aromatic heterocycles. The molecule has 0 spiro atoms. The van der Waals surface area contributed by atoms with Crippen molar-refractivity contribution >= 4 is 11.9 Å². The van der Waals surface area contributed by atoms with Gasteiger partial charge in [0.05, 0.1) is 25.4 Å². The third kappa shape index (κ3) is 54.0. The second-order valence-electron chi connectivity index (χ2n) is 26.7. The van der Waals surface area contributed by atoms with Gasteiger partial charge in [0.15, 0.2) is 12.4 Å². The Morgan fingerprint density at radius 3 is 1.19 bits per heavy atom. The van der Waals surface area contributed by atoms with E-state index >= 15 is 0 Å². The zero-order valence-electron chi connectivity index (χ0n) is 59.2. The molecule has 0 bridgehead atoms. The molecule has 11 heteroatoms. The summed E-state index contributed by atoms with van der Waals surface area (Å²) >= 11 is 0. The van der Waals surface area contributed by atoms with E-state index in [1.54, 1.807) is 6.08 Å². The van der Waals surface area contributed by atoms with Crippen molar-refractivity contribution in [1.82, 2.24) is 5.32 Å². The highest BCUT2D eigenvalue weighted by atomic mass is 16.7. The number of ether oxygens (including phenoxy) is 3. The maximum absolute atomic E-state index is 13.5. The lowest BCUT2D eigenvalue weighted by Crippen LogP contribution is -2.61. The van der Waals surface area contributed by atoms with Crippen LogP contribution in [0.15, 0.2) is 72.9 Å². The summed E-state index contributed by atoms with van der Waals surface area (Å²) in [5.74, 6) is -1.19. The molecule has 0 aromatic carbocycles. The number of hydrogen-bond acceptors (Lipinski definition) is 10. The molecule has 8 unspecified atom stereocenters. The fraction of sp³-hybridized carbons (Fsp3) is 0.825. The topological polar surface area (TPSA) is 175 Å². The summed E-state index contributed by atoms with van der Waals surface area (Å²) in [5, 5.41) is 57.3. The van der Waals surface area contributed by atoms with Gasteiger partial charge in [0.2, 0.25) is 5.91 Å². The lowest BCUT2D eigenvalue weighted by atomic mass is 9.99. The number of carbonyl (C=O) groups is 2. The Balaban J connectivity index is 2.49. The first-order valence-electron chi connectivity index (χ1n) is 38.7. The molecule has 1 fully saturated rings. The molecule has 0 aromatic rings. The number of carbonyl (C=O) groups excluding carboxylic acids is 2. The quantitative estimate of drug-likeness (QED) is 0.0195. The van der Waals surface area contributed by atoms with E-state index in [0.717, 1.165) is 96.3 Å². The van der Waals surface area contributed by atoms with Gasteiger partial charge in [0.1, 0.15) is 24.4 Å². The lowest BCUT2D eigenvalue weighted by Gasteiger charge is -2.41. The summed E-state index contributed by atoms with van der Waals surface area (Å²) in [6.45, 7) is 5.72. The smallest absolute Gasteiger partial charge is 0.306 e. The van der Waals surface area contributed by atoms with Gasteiger partial charge >= 0.3 is 5.97 Å². The Bertz CT molecular complexity index is 1760. The van der Waals surface area contributed by atoms with E-state index in [4.69, 9.17) is 14.2 Å². The van der Waals surface area contributed by atoms with Crippen LogP contribution in [0.2, 0.25) is 0 Å². The van der Waals surface area contributed by atoms with Crippen LogP contribution in [0.4, 0.5) is 0 Å². The summed E-state index contributed by atoms with van der Waals surface area (Å²) in [4.78, 5) is 26.7. The van der Waals surface area contributed by atoms with Gasteiger partial charge in [-0.25, -0.2) is 0 Å². The SMILES string of the molecule is CC/C=C\C/C=C\C/C=C\C/C=C\C/C=C\CCCCCCCCCCC(O)C(=O)NC(COC1OC(CO)C(O)C(O)C1OC(=O)CCCCCCCCCCCCCCCCCCCCCCCCCCCCC)C(O)/C=C/CCCCCCCCCCC. The molecule has 6 N–H and O–H groups in total. The molecule has 1 rings (SSSR count). The number of amides is 1. The summed E-state index contributed by atoms with van der Waals surface area (Å²) in [7, 11) is 0. The van der Waals surface area contributed by atoms with Crippen molar-refractivity contribution in [3.8, 4) is 0 Å². The normalized spacial score (nSPS) is 18.4. The van der Waals surface area contributed by atoms with Crippen LogP contribution in [-0.4, -0.2) is 99.6 Å². The fourth-order valence-corrected chi connectivity index (χ4v) is 12.1. The van der Waals surface area contributed by atoms with Crippen molar-refractivity contribution < 1.29 is 49.3 Å². The molecule has 11 nitrogen and oxygen atoms in total. The van der Waals surface area contributed by atoms with Crippen LogP contribution < -0.4 is 5.32 Å². The minimum Gasteiger partial charge on any atom is -0.454 e. The molecule has 0 radical (unpaired) electrons. The van der Waals surface area contributed by atoms with Gasteiger partial charge in [-0.05, 0) is 70.6 Å². The van der Waals surface area contributed by atoms with Gasteiger partial charge < -0.3 is 45.1 Å². The highest BCUT2D eigenvalue weighted by Crippen LogP contribution is 2.27. The Hall–Kier alpha value is -2.90. The highest BCUT2D eigenvalue weighted by molar-refractivity contribution is 5.80. The molecule has 530 valence electrons. The molecular formula is C80H145NO10. The first-order chi connectivity index (χ1) is 44.7. The number of unbranched alkanes of at least 4 members (excludes halogenated alkanes) is 43. The third-order valence-corrected chi connectivity index (χ3v) is 18.1. The maximum atomic E-state index is 13.5. The van der Waals surface area contributed by atoms with Gasteiger partial charge in [-0.15, -0.1) is 0 Å². The van der Waals surface area contributed by atoms with Gasteiger partial charge in [-0.3, -0.25) is 9.59 Å². The molecule has 1 aliphatic heterocycles. The van der Waals surface area contributed by atoms with E-state index in [9.17, 15) is 35.1 Å². The number of hydrogen-bond donors (Lipinski definition) is 6. The molecule has 0 aliphatic carbocycles. The fourth-order valence-electron chi connectivity index (χ4n) is 12.1. The predicted molar refractivity (Wildman–Crippen MR) is 384 cm³/mol. The summed E-state index contributed by atoms with van der Waals surface area (Å²) < 4.78 is 17.7. The van der Waals surface area contributed by atoms with E-state index < -0.39 is 67.4 Å². The van der Waals surface area contributed by atoms with Crippen LogP contribution in [0.1, 0.15) is 361 Å². The summed E-state index contributed by atoms with van der Waals surface area (Å²) in [5.41, 5.74) is 0. The number of aliphatic hydroxyl groups is 5. The molecule has 1 saturated heterocycles. The first-order valence-corrected chi connectivity index (χ1v) is 38.7. The van der Waals surface area contributed by atoms with E-state index in [-0.39, 0.29) is 19.4 Å². The number of nitrogens with one attached hydrogen (secondary N) is 1. The Kier molecular flexibility index (Phi) is 63.5. The molecule has 91 heavy (non-hydrogen) atoms. The lowest BCUT2D eigenvalue weighted by molar-refractivity contribution is -0.305. The van der Waals surface area contributed by atoms with Crippen molar-refractivity contribution in [3.63, 3.8) is 0 Å². The van der Waals surface area contributed by atoms with Gasteiger partial charge in [-0.2, -0.15) is 0 Å². The van der Waals surface area contributed by atoms with Crippen LogP contribution in [0.3, 0.4) is 0 Å². The number of allylic oxidation sites excluding steroid dienone is 11. The highest BCUT2D eigenvalue weighted by Gasteiger charge is 2.47. The molecular weight excluding hydrogens is 1130 g/mol. The van der Waals surface area contributed by atoms with Crippen LogP contribution in [-0.2, 0) is 23.8 Å². The monoisotopic (exact) mass is 1280 g/mol. The van der Waals surface area contributed by atoms with Crippen molar-refractivity contribution in [3.05, 3.63) is 72.9 Å². The zero-order chi connectivity index (χ0) is 66.0. The molecule has 1 heterocycles. The van der Waals surface area contributed by atoms with Crippen molar-refractivity contribution in [1.29, 1.82) is 0 Å². The van der Waals surface area contributed by atoms with E-state index in [1.807, 2.05) is 6.08 Å². The summed E-state index contributed by atoms with van der Waals surface area (Å²) in [6.07, 6.45) is 78.2. The molecule has 8 atom stereocenters. The third-order valence-electron chi connectivity index (χ3n) is 18.1. The predicted octanol–water partition coefficient (Wildman–Crippen LogP) is 20.6. The second-order valence-corrected chi connectivity index (χ2v) is 26.7. The summed E-state index contributed by atoms with van der Waals surface area (Å²) in [6, 6.07) is -1.03.